The van der Waals surface area contributed by atoms with Crippen LogP contribution in [0.25, 0.3) is 0 Å². The number of benzene rings is 1. The third-order valence-electron chi connectivity index (χ3n) is 9.12. The SMILES string of the molecule is Cc1cccc(NC(=O)[C@@H]2[C@@H]3C=C[C@]4(O3)[C@@H]2C(=O)N(C2CC2)[C@H]4C(=O)N[C@@H]2CCC[C@@H](C)[C@@H]2C)c1. The summed E-state index contributed by atoms with van der Waals surface area (Å²) in [6.07, 6.45) is 8.30. The monoisotopic (exact) mass is 477 g/mol. The average molecular weight is 478 g/mol. The second-order valence-electron chi connectivity index (χ2n) is 11.4. The smallest absolute Gasteiger partial charge is 0.246 e. The zero-order valence-corrected chi connectivity index (χ0v) is 20.7. The molecule has 6 rings (SSSR count). The molecule has 3 amide bonds. The summed E-state index contributed by atoms with van der Waals surface area (Å²) in [5, 5.41) is 6.30. The van der Waals surface area contributed by atoms with Gasteiger partial charge in [0, 0.05) is 17.8 Å². The number of hydrogen-bond acceptors (Lipinski definition) is 4. The van der Waals surface area contributed by atoms with Crippen LogP contribution in [0.2, 0.25) is 0 Å². The molecule has 0 radical (unpaired) electrons. The molecular formula is C28H35N3O4. The van der Waals surface area contributed by atoms with E-state index >= 15 is 0 Å². The number of likely N-dealkylation sites (tertiary alicyclic amines) is 1. The predicted octanol–water partition coefficient (Wildman–Crippen LogP) is 3.19. The minimum absolute atomic E-state index is 0.0532. The van der Waals surface area contributed by atoms with Gasteiger partial charge in [0.05, 0.1) is 17.9 Å². The Kier molecular flexibility index (Phi) is 5.33. The molecular weight excluding hydrogens is 442 g/mol. The van der Waals surface area contributed by atoms with Crippen LogP contribution in [0.5, 0.6) is 0 Å². The summed E-state index contributed by atoms with van der Waals surface area (Å²) in [7, 11) is 0. The molecule has 5 aliphatic rings. The topological polar surface area (TPSA) is 87.7 Å². The summed E-state index contributed by atoms with van der Waals surface area (Å²) >= 11 is 0. The Balaban J connectivity index is 1.29. The first-order valence-electron chi connectivity index (χ1n) is 13.2. The van der Waals surface area contributed by atoms with Crippen molar-refractivity contribution in [3.63, 3.8) is 0 Å². The van der Waals surface area contributed by atoms with E-state index < -0.39 is 29.6 Å². The Bertz CT molecular complexity index is 1100. The molecule has 7 nitrogen and oxygen atoms in total. The predicted molar refractivity (Wildman–Crippen MR) is 131 cm³/mol. The molecule has 2 saturated heterocycles. The number of hydrogen-bond donors (Lipinski definition) is 2. The third kappa shape index (κ3) is 3.53. The fourth-order valence-corrected chi connectivity index (χ4v) is 6.95. The zero-order valence-electron chi connectivity index (χ0n) is 20.7. The van der Waals surface area contributed by atoms with Crippen molar-refractivity contribution in [2.24, 2.45) is 23.7 Å². The van der Waals surface area contributed by atoms with E-state index in [1.807, 2.05) is 43.3 Å². The van der Waals surface area contributed by atoms with Gasteiger partial charge in [-0.1, -0.05) is 51.0 Å². The van der Waals surface area contributed by atoms with E-state index in [1.54, 1.807) is 4.90 Å². The molecule has 1 spiro atoms. The summed E-state index contributed by atoms with van der Waals surface area (Å²) in [4.78, 5) is 42.9. The number of rotatable bonds is 5. The molecule has 8 atom stereocenters. The van der Waals surface area contributed by atoms with E-state index in [0.29, 0.717) is 17.5 Å². The number of ether oxygens (including phenoxy) is 1. The molecule has 35 heavy (non-hydrogen) atoms. The van der Waals surface area contributed by atoms with Crippen molar-refractivity contribution < 1.29 is 19.1 Å². The first kappa shape index (κ1) is 22.8. The lowest BCUT2D eigenvalue weighted by Crippen LogP contribution is -2.58. The Morgan fingerprint density at radius 1 is 1.11 bits per heavy atom. The molecule has 2 aliphatic carbocycles. The Morgan fingerprint density at radius 2 is 1.91 bits per heavy atom. The van der Waals surface area contributed by atoms with Gasteiger partial charge in [0.15, 0.2) is 0 Å². The van der Waals surface area contributed by atoms with Crippen LogP contribution in [-0.2, 0) is 19.1 Å². The van der Waals surface area contributed by atoms with Crippen molar-refractivity contribution in [3.8, 4) is 0 Å². The van der Waals surface area contributed by atoms with Gasteiger partial charge >= 0.3 is 0 Å². The fourth-order valence-electron chi connectivity index (χ4n) is 6.95. The molecule has 3 heterocycles. The largest absolute Gasteiger partial charge is 0.359 e. The first-order chi connectivity index (χ1) is 16.8. The number of carbonyl (C=O) groups is 3. The van der Waals surface area contributed by atoms with Gasteiger partial charge in [-0.25, -0.2) is 0 Å². The van der Waals surface area contributed by atoms with E-state index in [0.717, 1.165) is 31.2 Å². The number of nitrogens with one attached hydrogen (secondary N) is 2. The van der Waals surface area contributed by atoms with E-state index in [9.17, 15) is 14.4 Å². The number of carbonyl (C=O) groups excluding carboxylic acids is 3. The van der Waals surface area contributed by atoms with Crippen LogP contribution in [0.3, 0.4) is 0 Å². The molecule has 4 fully saturated rings. The number of anilines is 1. The van der Waals surface area contributed by atoms with Crippen molar-refractivity contribution in [2.75, 3.05) is 5.32 Å². The van der Waals surface area contributed by atoms with Crippen LogP contribution in [0, 0.1) is 30.6 Å². The lowest BCUT2D eigenvalue weighted by Gasteiger charge is -2.38. The Labute approximate surface area is 206 Å². The summed E-state index contributed by atoms with van der Waals surface area (Å²) in [5.74, 6) is -0.869. The minimum atomic E-state index is -1.08. The second kappa shape index (κ2) is 8.19. The maximum Gasteiger partial charge on any atom is 0.246 e. The molecule has 0 aromatic heterocycles. The molecule has 2 saturated carbocycles. The van der Waals surface area contributed by atoms with E-state index in [2.05, 4.69) is 24.5 Å². The molecule has 2 N–H and O–H groups in total. The van der Waals surface area contributed by atoms with Crippen molar-refractivity contribution >= 4 is 23.4 Å². The third-order valence-corrected chi connectivity index (χ3v) is 9.12. The molecule has 3 aliphatic heterocycles. The summed E-state index contributed by atoms with van der Waals surface area (Å²) in [6, 6.07) is 7.05. The second-order valence-corrected chi connectivity index (χ2v) is 11.4. The molecule has 0 unspecified atom stereocenters. The van der Waals surface area contributed by atoms with Crippen molar-refractivity contribution in [1.29, 1.82) is 0 Å². The zero-order chi connectivity index (χ0) is 24.5. The van der Waals surface area contributed by atoms with Gasteiger partial charge in [0.2, 0.25) is 17.7 Å². The van der Waals surface area contributed by atoms with Crippen LogP contribution in [0.4, 0.5) is 5.69 Å². The number of amides is 3. The lowest BCUT2D eigenvalue weighted by atomic mass is 9.73. The summed E-state index contributed by atoms with van der Waals surface area (Å²) < 4.78 is 6.43. The minimum Gasteiger partial charge on any atom is -0.359 e. The highest BCUT2D eigenvalue weighted by Crippen LogP contribution is 2.57. The Hall–Kier alpha value is -2.67. The summed E-state index contributed by atoms with van der Waals surface area (Å²) in [6.45, 7) is 6.42. The van der Waals surface area contributed by atoms with Crippen LogP contribution in [-0.4, -0.2) is 52.5 Å². The van der Waals surface area contributed by atoms with Crippen molar-refractivity contribution in [3.05, 3.63) is 42.0 Å². The molecule has 186 valence electrons. The van der Waals surface area contributed by atoms with Crippen molar-refractivity contribution in [1.82, 2.24) is 10.2 Å². The first-order valence-corrected chi connectivity index (χ1v) is 13.2. The van der Waals surface area contributed by atoms with Gasteiger partial charge in [-0.05, 0) is 55.7 Å². The highest BCUT2D eigenvalue weighted by atomic mass is 16.5. The van der Waals surface area contributed by atoms with Gasteiger partial charge in [-0.3, -0.25) is 14.4 Å². The Morgan fingerprint density at radius 3 is 2.66 bits per heavy atom. The highest BCUT2D eigenvalue weighted by Gasteiger charge is 2.74. The number of nitrogens with zero attached hydrogens (tertiary/aromatic N) is 1. The van der Waals surface area contributed by atoms with Crippen LogP contribution in [0.15, 0.2) is 36.4 Å². The molecule has 2 bridgehead atoms. The van der Waals surface area contributed by atoms with Gasteiger partial charge in [-0.15, -0.1) is 0 Å². The molecule has 7 heteroatoms. The quantitative estimate of drug-likeness (QED) is 0.638. The highest BCUT2D eigenvalue weighted by molar-refractivity contribution is 6.03. The maximum atomic E-state index is 13.9. The van der Waals surface area contributed by atoms with Gasteiger partial charge in [0.25, 0.3) is 0 Å². The molecule has 1 aromatic carbocycles. The van der Waals surface area contributed by atoms with Crippen LogP contribution in [0.1, 0.15) is 51.5 Å². The average Bonchev–Trinajstić information content (AvgIpc) is 3.41. The van der Waals surface area contributed by atoms with E-state index in [4.69, 9.17) is 4.74 Å². The maximum absolute atomic E-state index is 13.9. The van der Waals surface area contributed by atoms with Crippen LogP contribution < -0.4 is 10.6 Å². The van der Waals surface area contributed by atoms with E-state index in [-0.39, 0.29) is 29.8 Å². The van der Waals surface area contributed by atoms with Gasteiger partial charge < -0.3 is 20.3 Å². The van der Waals surface area contributed by atoms with Gasteiger partial charge in [0.1, 0.15) is 11.6 Å². The number of aryl methyl sites for hydroxylation is 1. The van der Waals surface area contributed by atoms with Crippen molar-refractivity contribution in [2.45, 2.75) is 82.7 Å². The van der Waals surface area contributed by atoms with Crippen LogP contribution >= 0.6 is 0 Å². The standard InChI is InChI=1S/C28H35N3O4/c1-15-6-4-8-18(14-15)29-25(32)22-21-12-13-28(35-21)23(22)27(34)31(19-10-11-19)24(28)26(33)30-20-9-5-7-16(2)17(20)3/h4,6,8,12-14,16-17,19-24H,5,7,9-11H2,1-3H3,(H,29,32)(H,30,33)/t16-,17+,20-,21+,22-,23+,24+,28+/m1/s1. The van der Waals surface area contributed by atoms with E-state index in [1.165, 1.54) is 6.42 Å². The normalized spacial score (nSPS) is 39.6. The fraction of sp³-hybridized carbons (Fsp3) is 0.607. The molecule has 1 aromatic rings. The lowest BCUT2D eigenvalue weighted by molar-refractivity contribution is -0.142. The van der Waals surface area contributed by atoms with Gasteiger partial charge in [-0.2, -0.15) is 0 Å². The number of fused-ring (bicyclic) bond motifs is 1. The summed E-state index contributed by atoms with van der Waals surface area (Å²) in [5.41, 5.74) is 0.672.